The Labute approximate surface area is 95.9 Å². The number of H-pyrrole nitrogens is 1. The van der Waals surface area contributed by atoms with Gasteiger partial charge in [0.1, 0.15) is 5.82 Å². The van der Waals surface area contributed by atoms with Gasteiger partial charge in [0.2, 0.25) is 0 Å². The van der Waals surface area contributed by atoms with Gasteiger partial charge in [-0.25, -0.2) is 0 Å². The fourth-order valence-corrected chi connectivity index (χ4v) is 1.88. The molecule has 0 aromatic carbocycles. The standard InChI is InChI=1S/C11H19N3S/c1-11(2,3)6-7-14-9(8-4-5-8)12-13-10(14)15/h8H,4-7H2,1-3H3,(H,13,15). The highest BCUT2D eigenvalue weighted by Gasteiger charge is 2.29. The number of aromatic amines is 1. The molecule has 0 amide bonds. The summed E-state index contributed by atoms with van der Waals surface area (Å²) in [6, 6.07) is 0. The van der Waals surface area contributed by atoms with Gasteiger partial charge in [0, 0.05) is 12.5 Å². The monoisotopic (exact) mass is 225 g/mol. The Morgan fingerprint density at radius 1 is 1.47 bits per heavy atom. The molecular formula is C11H19N3S. The second-order valence-electron chi connectivity index (χ2n) is 5.62. The van der Waals surface area contributed by atoms with Gasteiger partial charge in [-0.05, 0) is 36.9 Å². The van der Waals surface area contributed by atoms with Crippen LogP contribution in [-0.4, -0.2) is 14.8 Å². The summed E-state index contributed by atoms with van der Waals surface area (Å²) in [6.45, 7) is 7.76. The van der Waals surface area contributed by atoms with E-state index in [0.717, 1.165) is 17.7 Å². The Morgan fingerprint density at radius 3 is 2.67 bits per heavy atom. The Balaban J connectivity index is 2.12. The van der Waals surface area contributed by atoms with E-state index >= 15 is 0 Å². The van der Waals surface area contributed by atoms with Gasteiger partial charge in [-0.1, -0.05) is 20.8 Å². The minimum atomic E-state index is 0.354. The molecule has 0 atom stereocenters. The van der Waals surface area contributed by atoms with Gasteiger partial charge in [0.15, 0.2) is 4.77 Å². The average molecular weight is 225 g/mol. The van der Waals surface area contributed by atoms with Gasteiger partial charge >= 0.3 is 0 Å². The summed E-state index contributed by atoms with van der Waals surface area (Å²) >= 11 is 5.25. The maximum atomic E-state index is 5.25. The highest BCUT2D eigenvalue weighted by Crippen LogP contribution is 2.39. The van der Waals surface area contributed by atoms with Crippen molar-refractivity contribution < 1.29 is 0 Å². The molecule has 1 fully saturated rings. The number of hydrogen-bond donors (Lipinski definition) is 1. The molecule has 0 radical (unpaired) electrons. The van der Waals surface area contributed by atoms with E-state index in [9.17, 15) is 0 Å². The van der Waals surface area contributed by atoms with E-state index in [1.54, 1.807) is 0 Å². The molecule has 0 spiro atoms. The van der Waals surface area contributed by atoms with Crippen molar-refractivity contribution >= 4 is 12.2 Å². The van der Waals surface area contributed by atoms with Crippen molar-refractivity contribution in [2.75, 3.05) is 0 Å². The zero-order valence-electron chi connectivity index (χ0n) is 9.71. The van der Waals surface area contributed by atoms with Gasteiger partial charge in [-0.2, -0.15) is 5.10 Å². The van der Waals surface area contributed by atoms with Crippen molar-refractivity contribution in [1.82, 2.24) is 14.8 Å². The van der Waals surface area contributed by atoms with Crippen LogP contribution in [0.2, 0.25) is 0 Å². The average Bonchev–Trinajstić information content (AvgIpc) is 2.87. The number of rotatable bonds is 3. The molecule has 1 saturated carbocycles. The molecule has 1 N–H and O–H groups in total. The lowest BCUT2D eigenvalue weighted by atomic mass is 9.92. The van der Waals surface area contributed by atoms with Crippen LogP contribution in [0, 0.1) is 10.2 Å². The number of nitrogens with zero attached hydrogens (tertiary/aromatic N) is 2. The molecule has 3 nitrogen and oxygen atoms in total. The molecule has 1 aliphatic rings. The van der Waals surface area contributed by atoms with Crippen molar-refractivity contribution in [2.45, 2.75) is 52.5 Å². The highest BCUT2D eigenvalue weighted by molar-refractivity contribution is 7.71. The van der Waals surface area contributed by atoms with Gasteiger partial charge in [0.05, 0.1) is 0 Å². The minimum Gasteiger partial charge on any atom is -0.304 e. The lowest BCUT2D eigenvalue weighted by molar-refractivity contribution is 0.346. The van der Waals surface area contributed by atoms with Gasteiger partial charge < -0.3 is 4.57 Å². The fourth-order valence-electron chi connectivity index (χ4n) is 1.65. The van der Waals surface area contributed by atoms with Gasteiger partial charge in [-0.15, -0.1) is 0 Å². The Kier molecular flexibility index (Phi) is 2.71. The lowest BCUT2D eigenvalue weighted by Crippen LogP contribution is -2.12. The molecule has 2 rings (SSSR count). The zero-order valence-corrected chi connectivity index (χ0v) is 10.5. The molecule has 0 bridgehead atoms. The summed E-state index contributed by atoms with van der Waals surface area (Å²) in [7, 11) is 0. The van der Waals surface area contributed by atoms with Crippen molar-refractivity contribution in [1.29, 1.82) is 0 Å². The fraction of sp³-hybridized carbons (Fsp3) is 0.818. The summed E-state index contributed by atoms with van der Waals surface area (Å²) in [6.07, 6.45) is 3.69. The molecule has 1 aliphatic carbocycles. The molecule has 15 heavy (non-hydrogen) atoms. The molecule has 0 aliphatic heterocycles. The second kappa shape index (κ2) is 3.74. The van der Waals surface area contributed by atoms with Crippen molar-refractivity contribution in [3.63, 3.8) is 0 Å². The third kappa shape index (κ3) is 2.68. The quantitative estimate of drug-likeness (QED) is 0.801. The SMILES string of the molecule is CC(C)(C)CCn1c(C2CC2)n[nH]c1=S. The van der Waals surface area contributed by atoms with E-state index in [1.807, 2.05) is 0 Å². The van der Waals surface area contributed by atoms with Crippen LogP contribution < -0.4 is 0 Å². The molecule has 1 heterocycles. The first kappa shape index (κ1) is 10.9. The molecular weight excluding hydrogens is 206 g/mol. The van der Waals surface area contributed by atoms with E-state index in [1.165, 1.54) is 18.7 Å². The first-order chi connectivity index (χ1) is 6.97. The van der Waals surface area contributed by atoms with Crippen molar-refractivity contribution in [3.05, 3.63) is 10.6 Å². The summed E-state index contributed by atoms with van der Waals surface area (Å²) in [5.74, 6) is 1.84. The van der Waals surface area contributed by atoms with Gasteiger partial charge in [0.25, 0.3) is 0 Å². The van der Waals surface area contributed by atoms with Crippen LogP contribution in [0.3, 0.4) is 0 Å². The third-order valence-corrected chi connectivity index (χ3v) is 3.13. The van der Waals surface area contributed by atoms with Crippen LogP contribution >= 0.6 is 12.2 Å². The maximum absolute atomic E-state index is 5.25. The maximum Gasteiger partial charge on any atom is 0.195 e. The molecule has 0 unspecified atom stereocenters. The van der Waals surface area contributed by atoms with E-state index in [-0.39, 0.29) is 0 Å². The Hall–Kier alpha value is -0.640. The van der Waals surface area contributed by atoms with Crippen LogP contribution in [0.5, 0.6) is 0 Å². The summed E-state index contributed by atoms with van der Waals surface area (Å²) in [5.41, 5.74) is 0.354. The largest absolute Gasteiger partial charge is 0.304 e. The van der Waals surface area contributed by atoms with Crippen LogP contribution in [0.15, 0.2) is 0 Å². The minimum absolute atomic E-state index is 0.354. The van der Waals surface area contributed by atoms with E-state index in [0.29, 0.717) is 11.3 Å². The number of nitrogens with one attached hydrogen (secondary N) is 1. The van der Waals surface area contributed by atoms with Crippen LogP contribution in [-0.2, 0) is 6.54 Å². The third-order valence-electron chi connectivity index (χ3n) is 2.82. The molecule has 0 saturated heterocycles. The Bertz CT molecular complexity index is 393. The Morgan fingerprint density at radius 2 is 2.13 bits per heavy atom. The number of hydrogen-bond acceptors (Lipinski definition) is 2. The van der Waals surface area contributed by atoms with Crippen LogP contribution in [0.1, 0.15) is 51.8 Å². The highest BCUT2D eigenvalue weighted by atomic mass is 32.1. The van der Waals surface area contributed by atoms with Crippen LogP contribution in [0.4, 0.5) is 0 Å². The van der Waals surface area contributed by atoms with E-state index in [4.69, 9.17) is 12.2 Å². The van der Waals surface area contributed by atoms with Crippen molar-refractivity contribution in [3.8, 4) is 0 Å². The number of aromatic nitrogens is 3. The first-order valence-corrected chi connectivity index (χ1v) is 6.03. The van der Waals surface area contributed by atoms with Crippen LogP contribution in [0.25, 0.3) is 0 Å². The molecule has 1 aromatic heterocycles. The first-order valence-electron chi connectivity index (χ1n) is 5.62. The van der Waals surface area contributed by atoms with Gasteiger partial charge in [-0.3, -0.25) is 5.10 Å². The predicted octanol–water partition coefficient (Wildman–Crippen LogP) is 3.25. The normalized spacial score (nSPS) is 17.0. The van der Waals surface area contributed by atoms with Crippen molar-refractivity contribution in [2.24, 2.45) is 5.41 Å². The molecule has 1 aromatic rings. The summed E-state index contributed by atoms with van der Waals surface area (Å²) in [5, 5.41) is 7.23. The summed E-state index contributed by atoms with van der Waals surface area (Å²) < 4.78 is 2.96. The van der Waals surface area contributed by atoms with E-state index in [2.05, 4.69) is 35.5 Å². The smallest absolute Gasteiger partial charge is 0.195 e. The zero-order chi connectivity index (χ0) is 11.1. The second-order valence-corrected chi connectivity index (χ2v) is 6.01. The molecule has 4 heteroatoms. The summed E-state index contributed by atoms with van der Waals surface area (Å²) in [4.78, 5) is 0. The molecule has 84 valence electrons. The topological polar surface area (TPSA) is 33.6 Å². The predicted molar refractivity (Wildman–Crippen MR) is 63.5 cm³/mol. The van der Waals surface area contributed by atoms with E-state index < -0.39 is 0 Å². The lowest BCUT2D eigenvalue weighted by Gasteiger charge is -2.18.